The zero-order chi connectivity index (χ0) is 32.7. The van der Waals surface area contributed by atoms with E-state index in [2.05, 4.69) is 419 Å². The van der Waals surface area contributed by atoms with E-state index in [4.69, 9.17) is 0 Å². The van der Waals surface area contributed by atoms with Crippen LogP contribution in [0.15, 0.2) is 0 Å². The lowest BCUT2D eigenvalue weighted by Crippen LogP contribution is -2.71. The van der Waals surface area contributed by atoms with Gasteiger partial charge in [0.15, 0.2) is 11.0 Å². The summed E-state index contributed by atoms with van der Waals surface area (Å²) in [6.07, 6.45) is 0. The van der Waals surface area contributed by atoms with Crippen LogP contribution in [-0.4, -0.2) is 36.9 Å². The van der Waals surface area contributed by atoms with Crippen LogP contribution >= 0.6 is 414 Å². The molecule has 0 fully saturated rings. The topological polar surface area (TPSA) is 12.0 Å². The van der Waals surface area contributed by atoms with Gasteiger partial charge in [-0.3, -0.25) is 5.32 Å². The number of nitrogens with one attached hydrogen (secondary N) is 1. The van der Waals surface area contributed by atoms with Crippen molar-refractivity contribution in [2.45, 2.75) is 36.9 Å². The third-order valence-electron chi connectivity index (χ3n) is 4.18. The molecule has 0 atom stereocenters. The van der Waals surface area contributed by atoms with Gasteiger partial charge in [0.25, 0.3) is 0 Å². The van der Waals surface area contributed by atoms with Gasteiger partial charge >= 0.3 is 0 Å². The van der Waals surface area contributed by atoms with Gasteiger partial charge in [0, 0.05) is 0 Å². The largest absolute Gasteiger partial charge is 0.265 e. The fraction of sp³-hybridized carbons (Fsp3) is 1.00. The Bertz CT molecular complexity index is 814. The molecule has 1 N–H and O–H groups in total. The first kappa shape index (κ1) is 51.4. The molecule has 0 aromatic rings. The Morgan fingerprint density at radius 3 is 0.513 bits per heavy atom. The highest BCUT2D eigenvalue weighted by Gasteiger charge is 2.76. The molecule has 0 rings (SSSR count). The van der Waals surface area contributed by atoms with Gasteiger partial charge in [-0.05, 0) is 0 Å². The van der Waals surface area contributed by atoms with Gasteiger partial charge in [0.05, 0.1) is 0 Å². The minimum absolute atomic E-state index is 0.839. The van der Waals surface area contributed by atoms with E-state index in [1.165, 1.54) is 0 Å². The zero-order valence-electron chi connectivity index (χ0n) is 16.3. The molecule has 0 bridgehead atoms. The second kappa shape index (κ2) is 16.9. The van der Waals surface area contributed by atoms with Crippen molar-refractivity contribution in [3.8, 4) is 0 Å². The van der Waals surface area contributed by atoms with Crippen LogP contribution in [0.4, 0.5) is 0 Å². The Hall–Kier alpha value is 12.4. The molecule has 0 aliphatic carbocycles. The number of rotatable bonds is 10. The predicted molar refractivity (Wildman–Crippen MR) is 268 cm³/mol. The minimum atomic E-state index is -1.18. The lowest BCUT2D eigenvalue weighted by Gasteiger charge is -2.57. The number of alkyl halides is 26. The van der Waals surface area contributed by atoms with Crippen LogP contribution in [0.3, 0.4) is 0 Å². The predicted octanol–water partition coefficient (Wildman–Crippen LogP) is 19.0. The first-order valence-corrected chi connectivity index (χ1v) is 28.5. The summed E-state index contributed by atoms with van der Waals surface area (Å²) in [6.45, 7) is 0. The molecule has 0 unspecified atom stereocenters. The number of hydrogen-bond acceptors (Lipinski definition) is 1. The summed E-state index contributed by atoms with van der Waals surface area (Å²) in [6, 6.07) is 0. The number of halogens is 26. The van der Waals surface area contributed by atoms with Crippen molar-refractivity contribution in [3.05, 3.63) is 0 Å². The quantitative estimate of drug-likeness (QED) is 0.170. The zero-order valence-corrected chi connectivity index (χ0v) is 57.6. The average molecular weight is 2240 g/mol. The van der Waals surface area contributed by atoms with Crippen molar-refractivity contribution in [1.29, 1.82) is 0 Å². The standard InChI is InChI=1S/C12HBr26N/c13-1(14,5(21,22)9(29,30)31)3(17,18)7(25,26)11(35,36)39-12(37,38)8(27,28)4(19,20)2(15,16)6(23,24)10(32,33)34/h39H. The highest BCUT2D eigenvalue weighted by atomic mass is 80.0. The maximum atomic E-state index is 3.86. The summed E-state index contributed by atoms with van der Waals surface area (Å²) < 4.78 is -12.5. The molecule has 236 valence electrons. The smallest absolute Gasteiger partial charge is 0.162 e. The maximum absolute atomic E-state index is 3.86. The first-order valence-electron chi connectivity index (χ1n) is 7.91. The van der Waals surface area contributed by atoms with Crippen molar-refractivity contribution in [3.63, 3.8) is 0 Å². The van der Waals surface area contributed by atoms with Crippen LogP contribution in [0.5, 0.6) is 0 Å². The summed E-state index contributed by atoms with van der Waals surface area (Å²) >= 11 is 98.0. The van der Waals surface area contributed by atoms with E-state index in [9.17, 15) is 0 Å². The van der Waals surface area contributed by atoms with Crippen LogP contribution < -0.4 is 5.32 Å². The van der Waals surface area contributed by atoms with Crippen LogP contribution in [0.1, 0.15) is 0 Å². The molecule has 0 aliphatic rings. The molecule has 0 heterocycles. The Morgan fingerprint density at radius 2 is 0.359 bits per heavy atom. The summed E-state index contributed by atoms with van der Waals surface area (Å²) in [4.78, 5) is 0. The minimum Gasteiger partial charge on any atom is -0.265 e. The fourth-order valence-electron chi connectivity index (χ4n) is 1.89. The van der Waals surface area contributed by atoms with E-state index in [1.807, 2.05) is 0 Å². The van der Waals surface area contributed by atoms with Gasteiger partial charge in [-0.15, -0.1) is 0 Å². The molecule has 0 saturated heterocycles. The molecule has 39 heavy (non-hydrogen) atoms. The lowest BCUT2D eigenvalue weighted by atomic mass is 10.1. The van der Waals surface area contributed by atoms with Crippen molar-refractivity contribution in [1.82, 2.24) is 5.32 Å². The molecule has 1 nitrogen and oxygen atoms in total. The van der Waals surface area contributed by atoms with Gasteiger partial charge in [0.1, 0.15) is 25.9 Å². The van der Waals surface area contributed by atoms with E-state index in [1.54, 1.807) is 0 Å². The van der Waals surface area contributed by atoms with Crippen LogP contribution in [0.2, 0.25) is 0 Å². The second-order valence-corrected chi connectivity index (χ2v) is 54.8. The van der Waals surface area contributed by atoms with Gasteiger partial charge in [0.2, 0.25) is 0 Å². The van der Waals surface area contributed by atoms with E-state index in [0.29, 0.717) is 0 Å². The SMILES string of the molecule is BrC(Br)(Br)C(Br)(Br)C(Br)(Br)C(Br)(Br)C(Br)(Br)C(Br)(Br)NC(Br)(Br)C(Br)(Br)C(Br)(Br)C(Br)(Br)C(Br)(Br)C(Br)(Br)Br. The third kappa shape index (κ3) is 10.1. The third-order valence-corrected chi connectivity index (χ3v) is 53.4. The summed E-state index contributed by atoms with van der Waals surface area (Å²) in [7, 11) is 0. The fourth-order valence-corrected chi connectivity index (χ4v) is 24.2. The van der Waals surface area contributed by atoms with Crippen LogP contribution in [-0.2, 0) is 0 Å². The van der Waals surface area contributed by atoms with Gasteiger partial charge in [-0.1, -0.05) is 414 Å². The average Bonchev–Trinajstić information content (AvgIpc) is 2.63. The summed E-state index contributed by atoms with van der Waals surface area (Å²) in [5.74, 6) is 0. The second-order valence-electron chi connectivity index (χ2n) is 6.86. The molecule has 0 aliphatic heterocycles. The van der Waals surface area contributed by atoms with Crippen LogP contribution in [0, 0.1) is 0 Å². The van der Waals surface area contributed by atoms with E-state index >= 15 is 0 Å². The maximum Gasteiger partial charge on any atom is 0.162 e. The lowest BCUT2D eigenvalue weighted by molar-refractivity contribution is 0.487. The normalized spacial score (nSPS) is 17.1. The van der Waals surface area contributed by atoms with Gasteiger partial charge < -0.3 is 0 Å². The first-order chi connectivity index (χ1) is 16.2. The molecular formula is C12HBr26N. The molecule has 0 saturated carbocycles. The molecule has 0 aromatic heterocycles. The molecule has 0 spiro atoms. The molecule has 0 amide bonds. The van der Waals surface area contributed by atoms with Gasteiger partial charge in [-0.25, -0.2) is 0 Å². The summed E-state index contributed by atoms with van der Waals surface area (Å²) in [5, 5.41) is 3.49. The molecule has 0 aromatic carbocycles. The van der Waals surface area contributed by atoms with Crippen molar-refractivity contribution in [2.24, 2.45) is 0 Å². The van der Waals surface area contributed by atoms with E-state index in [0.717, 1.165) is 0 Å². The molecular weight excluding hydrogens is 2240 g/mol. The number of hydrogen-bond donors (Lipinski definition) is 1. The van der Waals surface area contributed by atoms with Gasteiger partial charge in [-0.2, -0.15) is 0 Å². The Morgan fingerprint density at radius 1 is 0.205 bits per heavy atom. The van der Waals surface area contributed by atoms with Crippen LogP contribution in [0.25, 0.3) is 0 Å². The van der Waals surface area contributed by atoms with Crippen molar-refractivity contribution >= 4 is 414 Å². The highest BCUT2D eigenvalue weighted by molar-refractivity contribution is 9.43. The monoisotopic (exact) mass is 2210 g/mol. The Labute approximate surface area is 445 Å². The molecule has 27 heteroatoms. The van der Waals surface area contributed by atoms with E-state index < -0.39 is 36.9 Å². The van der Waals surface area contributed by atoms with E-state index in [-0.39, 0.29) is 0 Å². The van der Waals surface area contributed by atoms with Crippen molar-refractivity contribution < 1.29 is 0 Å². The molecule has 0 radical (unpaired) electrons. The highest BCUT2D eigenvalue weighted by Crippen LogP contribution is 2.77. The Kier molecular flexibility index (Phi) is 22.3. The Balaban J connectivity index is 6.90. The summed E-state index contributed by atoms with van der Waals surface area (Å²) in [5.41, 5.74) is 0. The van der Waals surface area contributed by atoms with Crippen molar-refractivity contribution in [2.75, 3.05) is 0 Å².